The minimum Gasteiger partial charge on any atom is -0.377 e. The lowest BCUT2D eigenvalue weighted by Gasteiger charge is -2.22. The average molecular weight is 829 g/mol. The molecule has 0 rings (SSSR count). The minimum absolute atomic E-state index is 0.631. The Morgan fingerprint density at radius 2 is 0.512 bits per heavy atom. The van der Waals surface area contributed by atoms with Gasteiger partial charge in [-0.25, -0.2) is 0 Å². The van der Waals surface area contributed by atoms with Gasteiger partial charge in [-0.15, -0.1) is 0 Å². The minimum atomic E-state index is -3.81. The number of rotatable bonds is 5. The SMILES string of the molecule is CC.CC.CC.CC.CC[Si](C)(C)C.CC[Si](OC)(OC)OC.OP(O)(O)=S.OP(O)(O)=S.OP(O)(O)=S.OP(O)(O)=S. The first-order valence-corrected chi connectivity index (χ1v) is 28.9. The Labute approximate surface area is 284 Å². The third-order valence-corrected chi connectivity index (χ3v) is 7.28. The van der Waals surface area contributed by atoms with Gasteiger partial charge in [-0.1, -0.05) is 94.9 Å². The highest BCUT2D eigenvalue weighted by Crippen LogP contribution is 2.27. The topological polar surface area (TPSA) is 270 Å². The molecule has 0 aromatic heterocycles. The first-order valence-electron chi connectivity index (χ1n) is 12.6. The summed E-state index contributed by atoms with van der Waals surface area (Å²) in [5.74, 6) is 0. The highest BCUT2D eigenvalue weighted by atomic mass is 32.5. The van der Waals surface area contributed by atoms with Crippen molar-refractivity contribution in [3.05, 3.63) is 0 Å². The Bertz CT molecular complexity index is 553. The van der Waals surface area contributed by atoms with Gasteiger partial charge in [-0.3, -0.25) is 0 Å². The predicted octanol–water partition coefficient (Wildman–Crippen LogP) is 4.08. The lowest BCUT2D eigenvalue weighted by Crippen LogP contribution is -2.41. The van der Waals surface area contributed by atoms with E-state index in [1.165, 1.54) is 6.04 Å². The number of hydrogen-bond acceptors (Lipinski definition) is 7. The molecule has 0 radical (unpaired) electrons. The van der Waals surface area contributed by atoms with Gasteiger partial charge >= 0.3 is 35.7 Å². The Morgan fingerprint density at radius 3 is 0.512 bits per heavy atom. The fraction of sp³-hybridized carbons (Fsp3) is 1.00. The average Bonchev–Trinajstić information content (AvgIpc) is 2.82. The molecule has 0 fully saturated rings. The van der Waals surface area contributed by atoms with Crippen LogP contribution >= 0.6 is 26.9 Å². The lowest BCUT2D eigenvalue weighted by molar-refractivity contribution is 0.125. The molecule has 278 valence electrons. The van der Waals surface area contributed by atoms with Gasteiger partial charge in [0.15, 0.2) is 0 Å². The maximum Gasteiger partial charge on any atom is 0.499 e. The molecular weight excluding hydrogens is 765 g/mol. The Morgan fingerprint density at radius 1 is 0.419 bits per heavy atom. The van der Waals surface area contributed by atoms with E-state index in [-0.39, 0.29) is 0 Å². The molecule has 15 nitrogen and oxygen atoms in total. The molecule has 0 aliphatic rings. The molecule has 0 heterocycles. The van der Waals surface area contributed by atoms with Crippen LogP contribution in [0.3, 0.4) is 0 Å². The second-order valence-electron chi connectivity index (χ2n) is 6.62. The summed E-state index contributed by atoms with van der Waals surface area (Å²) in [5, 5.41) is 0. The van der Waals surface area contributed by atoms with Crippen molar-refractivity contribution in [2.45, 2.75) is 101 Å². The van der Waals surface area contributed by atoms with E-state index in [1.54, 1.807) is 21.3 Å². The van der Waals surface area contributed by atoms with Gasteiger partial charge in [-0.2, -0.15) is 0 Å². The van der Waals surface area contributed by atoms with E-state index in [2.05, 4.69) is 73.8 Å². The molecule has 0 unspecified atom stereocenters. The summed E-state index contributed by atoms with van der Waals surface area (Å²) in [6, 6.07) is 2.23. The van der Waals surface area contributed by atoms with Crippen LogP contribution in [0.25, 0.3) is 0 Å². The van der Waals surface area contributed by atoms with Crippen molar-refractivity contribution in [1.82, 2.24) is 0 Å². The third kappa shape index (κ3) is 263. The largest absolute Gasteiger partial charge is 0.499 e. The molecule has 0 saturated heterocycles. The van der Waals surface area contributed by atoms with E-state index in [9.17, 15) is 0 Å². The third-order valence-electron chi connectivity index (χ3n) is 2.43. The normalized spacial score (nSPS) is 10.2. The molecule has 0 aliphatic carbocycles. The monoisotopic (exact) mass is 828 g/mol. The van der Waals surface area contributed by atoms with Crippen molar-refractivity contribution < 1.29 is 72.0 Å². The molecule has 0 amide bonds. The smallest absolute Gasteiger partial charge is 0.377 e. The molecule has 0 spiro atoms. The summed E-state index contributed by atoms with van der Waals surface area (Å²) < 4.78 is 15.2. The van der Waals surface area contributed by atoms with Crippen LogP contribution in [-0.2, 0) is 60.5 Å². The summed E-state index contributed by atoms with van der Waals surface area (Å²) in [6.45, 7) is 12.2. The van der Waals surface area contributed by atoms with Crippen LogP contribution in [0.1, 0.15) is 69.2 Å². The van der Waals surface area contributed by atoms with E-state index in [1.807, 2.05) is 62.3 Å². The summed E-state index contributed by atoms with van der Waals surface area (Å²) >= 11 is 14.4. The van der Waals surface area contributed by atoms with Gasteiger partial charge in [-0.05, 0) is 47.2 Å². The fourth-order valence-corrected chi connectivity index (χ4v) is 2.05. The van der Waals surface area contributed by atoms with Crippen LogP contribution in [-0.4, -0.2) is 96.9 Å². The maximum atomic E-state index is 7.56. The van der Waals surface area contributed by atoms with Gasteiger partial charge in [0.25, 0.3) is 0 Å². The van der Waals surface area contributed by atoms with Crippen LogP contribution in [0.2, 0.25) is 31.7 Å². The van der Waals surface area contributed by atoms with Crippen molar-refractivity contribution in [3.63, 3.8) is 0 Å². The standard InChI is InChI=1S/C5H14O3Si.C5H14Si.4C2H6.4H3O3PS/c1-5-9(6-2,7-3)8-4;1-5-6(2,3)4;4*1-2;4*1-4(2,3)5/h5H2,1-4H3;5H2,1-4H3;4*1-2H3;4*(H3,1,2,3,5). The summed E-state index contributed by atoms with van der Waals surface area (Å²) in [4.78, 5) is 90.7. The zero-order chi connectivity index (χ0) is 38.5. The molecule has 43 heavy (non-hydrogen) atoms. The molecule has 0 saturated carbocycles. The van der Waals surface area contributed by atoms with E-state index in [4.69, 9.17) is 72.0 Å². The second-order valence-corrected chi connectivity index (χ2v) is 25.7. The van der Waals surface area contributed by atoms with Gasteiger partial charge in [0.1, 0.15) is 0 Å². The van der Waals surface area contributed by atoms with E-state index in [0.29, 0.717) is 0 Å². The van der Waals surface area contributed by atoms with Crippen molar-refractivity contribution in [1.29, 1.82) is 0 Å². The molecule has 0 bridgehead atoms. The van der Waals surface area contributed by atoms with Crippen molar-refractivity contribution in [2.24, 2.45) is 0 Å². The quantitative estimate of drug-likeness (QED) is 0.137. The van der Waals surface area contributed by atoms with Crippen LogP contribution in [0, 0.1) is 0 Å². The van der Waals surface area contributed by atoms with Crippen LogP contribution in [0.5, 0.6) is 0 Å². The summed E-state index contributed by atoms with van der Waals surface area (Å²) in [5.41, 5.74) is 0. The van der Waals surface area contributed by atoms with Gasteiger partial charge in [0.2, 0.25) is 0 Å². The first kappa shape index (κ1) is 71.4. The van der Waals surface area contributed by atoms with Crippen molar-refractivity contribution in [3.8, 4) is 0 Å². The van der Waals surface area contributed by atoms with Gasteiger partial charge in [0, 0.05) is 35.4 Å². The van der Waals surface area contributed by atoms with Crippen LogP contribution in [0.4, 0.5) is 0 Å². The Hall–Kier alpha value is 2.43. The highest BCUT2D eigenvalue weighted by molar-refractivity contribution is 8.07. The van der Waals surface area contributed by atoms with E-state index < -0.39 is 43.8 Å². The molecule has 0 aromatic carbocycles. The molecule has 0 aromatic rings. The summed E-state index contributed by atoms with van der Waals surface area (Å²) in [7, 11) is 2.02. The van der Waals surface area contributed by atoms with Gasteiger partial charge < -0.3 is 72.0 Å². The Kier molecular flexibility index (Phi) is 73.8. The fourth-order valence-electron chi connectivity index (χ4n) is 0.683. The maximum absolute atomic E-state index is 7.56. The molecular formula is C18H64O15P4S4Si2. The van der Waals surface area contributed by atoms with E-state index >= 15 is 0 Å². The van der Waals surface area contributed by atoms with Crippen LogP contribution in [0.15, 0.2) is 0 Å². The molecule has 0 atom stereocenters. The second kappa shape index (κ2) is 44.4. The highest BCUT2D eigenvalue weighted by Gasteiger charge is 2.34. The molecule has 25 heteroatoms. The summed E-state index contributed by atoms with van der Waals surface area (Å²) in [6.07, 6.45) is 0. The first-order chi connectivity index (χ1) is 18.8. The van der Waals surface area contributed by atoms with Crippen molar-refractivity contribution in [2.75, 3.05) is 21.3 Å². The molecule has 12 N–H and O–H groups in total. The Balaban J connectivity index is -0.0000000367. The van der Waals surface area contributed by atoms with Crippen LogP contribution < -0.4 is 0 Å². The molecule has 0 aliphatic heterocycles. The van der Waals surface area contributed by atoms with E-state index in [0.717, 1.165) is 6.04 Å². The zero-order valence-corrected chi connectivity index (χ0v) is 37.3. The lowest BCUT2D eigenvalue weighted by atomic mass is 11.0. The van der Waals surface area contributed by atoms with Crippen molar-refractivity contribution >= 4 is 91.0 Å². The number of hydrogen-bond donors (Lipinski definition) is 12. The zero-order valence-electron chi connectivity index (χ0n) is 28.4. The predicted molar refractivity (Wildman–Crippen MR) is 200 cm³/mol. The van der Waals surface area contributed by atoms with Gasteiger partial charge in [0.05, 0.1) is 0 Å².